The lowest BCUT2D eigenvalue weighted by atomic mass is 10.0. The minimum Gasteiger partial charge on any atom is -0.495 e. The van der Waals surface area contributed by atoms with E-state index in [1.165, 1.54) is 19.2 Å². The van der Waals surface area contributed by atoms with Crippen LogP contribution in [-0.2, 0) is 14.8 Å². The Morgan fingerprint density at radius 2 is 1.80 bits per heavy atom. The number of nitrogens with one attached hydrogen (secondary N) is 1. The Kier molecular flexibility index (Phi) is 5.36. The summed E-state index contributed by atoms with van der Waals surface area (Å²) in [5, 5.41) is 3.48. The van der Waals surface area contributed by atoms with E-state index in [1.807, 2.05) is 0 Å². The Balaban J connectivity index is 1.69. The normalized spacial score (nSPS) is 13.9. The van der Waals surface area contributed by atoms with E-state index in [1.54, 1.807) is 48.5 Å². The number of hydrogen-bond donors (Lipinski definition) is 1. The van der Waals surface area contributed by atoms with Crippen LogP contribution < -0.4 is 14.4 Å². The monoisotopic (exact) mass is 462 g/mol. The summed E-state index contributed by atoms with van der Waals surface area (Å²) in [5.41, 5.74) is 2.01. The number of carbonyl (C=O) groups excluding carboxylic acids is 1. The molecule has 154 valence electrons. The van der Waals surface area contributed by atoms with Gasteiger partial charge in [-0.2, -0.15) is 0 Å². The topological polar surface area (TPSA) is 75.7 Å². The van der Waals surface area contributed by atoms with Crippen molar-refractivity contribution in [1.82, 2.24) is 0 Å². The summed E-state index contributed by atoms with van der Waals surface area (Å²) in [7, 11) is -2.44. The van der Waals surface area contributed by atoms with Crippen molar-refractivity contribution in [3.05, 3.63) is 70.7 Å². The Labute approximate surface area is 184 Å². The number of amides is 1. The van der Waals surface area contributed by atoms with Gasteiger partial charge in [-0.3, -0.25) is 9.10 Å². The third-order valence-electron chi connectivity index (χ3n) is 4.70. The van der Waals surface area contributed by atoms with Crippen molar-refractivity contribution in [1.29, 1.82) is 0 Å². The fourth-order valence-electron chi connectivity index (χ4n) is 3.35. The second-order valence-corrected chi connectivity index (χ2v) is 9.24. The van der Waals surface area contributed by atoms with E-state index in [0.29, 0.717) is 38.3 Å². The van der Waals surface area contributed by atoms with Gasteiger partial charge < -0.3 is 10.1 Å². The van der Waals surface area contributed by atoms with Crippen LogP contribution in [0, 0.1) is 0 Å². The van der Waals surface area contributed by atoms with Gasteiger partial charge in [0.2, 0.25) is 5.91 Å². The van der Waals surface area contributed by atoms with E-state index in [4.69, 9.17) is 27.9 Å². The lowest BCUT2D eigenvalue weighted by Gasteiger charge is -2.31. The standard InChI is InChI=1S/C21H16Cl2N2O4S/c1-29-19-9-7-14(11-17(19)23)24-21(26)12-25-18-8-6-13(22)10-16(18)15-4-2-3-5-20(15)30(25,27)28/h2-11H,12H2,1H3,(H,24,26). The second kappa shape index (κ2) is 7.83. The van der Waals surface area contributed by atoms with Crippen LogP contribution >= 0.6 is 23.2 Å². The molecule has 0 radical (unpaired) electrons. The van der Waals surface area contributed by atoms with E-state index in [9.17, 15) is 13.2 Å². The Morgan fingerprint density at radius 1 is 1.03 bits per heavy atom. The maximum Gasteiger partial charge on any atom is 0.265 e. The lowest BCUT2D eigenvalue weighted by molar-refractivity contribution is -0.114. The zero-order valence-corrected chi connectivity index (χ0v) is 18.1. The molecule has 0 bridgehead atoms. The maximum atomic E-state index is 13.3. The lowest BCUT2D eigenvalue weighted by Crippen LogP contribution is -2.40. The molecule has 3 aromatic rings. The molecule has 4 rings (SSSR count). The molecule has 9 heteroatoms. The second-order valence-electron chi connectivity index (χ2n) is 6.57. The maximum absolute atomic E-state index is 13.3. The number of ether oxygens (including phenoxy) is 1. The molecule has 1 heterocycles. The van der Waals surface area contributed by atoms with Gasteiger partial charge in [-0.15, -0.1) is 0 Å². The molecule has 1 aliphatic heterocycles. The number of hydrogen-bond acceptors (Lipinski definition) is 4. The highest BCUT2D eigenvalue weighted by Crippen LogP contribution is 2.43. The van der Waals surface area contributed by atoms with Gasteiger partial charge in [0.05, 0.1) is 22.7 Å². The summed E-state index contributed by atoms with van der Waals surface area (Å²) in [6, 6.07) is 16.3. The molecule has 0 saturated carbocycles. The number of sulfonamides is 1. The van der Waals surface area contributed by atoms with Crippen molar-refractivity contribution in [2.75, 3.05) is 23.3 Å². The van der Waals surface area contributed by atoms with Crippen molar-refractivity contribution in [2.45, 2.75) is 4.90 Å². The number of methoxy groups -OCH3 is 1. The first kappa shape index (κ1) is 20.5. The molecular formula is C21H16Cl2N2O4S. The van der Waals surface area contributed by atoms with Crippen molar-refractivity contribution in [3.8, 4) is 16.9 Å². The number of halogens is 2. The first-order valence-corrected chi connectivity index (χ1v) is 11.1. The summed E-state index contributed by atoms with van der Waals surface area (Å²) >= 11 is 12.2. The number of fused-ring (bicyclic) bond motifs is 3. The smallest absolute Gasteiger partial charge is 0.265 e. The van der Waals surface area contributed by atoms with Gasteiger partial charge in [0.15, 0.2) is 0 Å². The SMILES string of the molecule is COc1ccc(NC(=O)CN2c3ccc(Cl)cc3-c3ccccc3S2(=O)=O)cc1Cl. The third kappa shape index (κ3) is 3.60. The zero-order valence-electron chi connectivity index (χ0n) is 15.7. The largest absolute Gasteiger partial charge is 0.495 e. The molecule has 0 spiro atoms. The summed E-state index contributed by atoms with van der Waals surface area (Å²) in [6.45, 7) is -0.408. The molecule has 0 saturated heterocycles. The molecule has 30 heavy (non-hydrogen) atoms. The van der Waals surface area contributed by atoms with E-state index in [-0.39, 0.29) is 4.90 Å². The van der Waals surface area contributed by atoms with Crippen LogP contribution in [0.2, 0.25) is 10.0 Å². The first-order chi connectivity index (χ1) is 14.3. The van der Waals surface area contributed by atoms with Gasteiger partial charge in [-0.1, -0.05) is 41.4 Å². The van der Waals surface area contributed by atoms with Crippen LogP contribution in [0.3, 0.4) is 0 Å². The van der Waals surface area contributed by atoms with Crippen LogP contribution in [0.4, 0.5) is 11.4 Å². The number of rotatable bonds is 4. The molecule has 0 aliphatic carbocycles. The van der Waals surface area contributed by atoms with Crippen molar-refractivity contribution in [2.24, 2.45) is 0 Å². The number of carbonyl (C=O) groups is 1. The summed E-state index contributed by atoms with van der Waals surface area (Å²) in [6.07, 6.45) is 0. The van der Waals surface area contributed by atoms with E-state index >= 15 is 0 Å². The zero-order chi connectivity index (χ0) is 21.5. The van der Waals surface area contributed by atoms with Crippen molar-refractivity contribution < 1.29 is 17.9 Å². The van der Waals surface area contributed by atoms with E-state index in [0.717, 1.165) is 4.31 Å². The molecular weight excluding hydrogens is 447 g/mol. The molecule has 1 aliphatic rings. The summed E-state index contributed by atoms with van der Waals surface area (Å²) < 4.78 is 32.7. The van der Waals surface area contributed by atoms with Crippen LogP contribution in [0.15, 0.2) is 65.6 Å². The predicted octanol–water partition coefficient (Wildman–Crippen LogP) is 4.82. The Hall–Kier alpha value is -2.74. The van der Waals surface area contributed by atoms with Crippen LogP contribution in [0.5, 0.6) is 5.75 Å². The van der Waals surface area contributed by atoms with E-state index < -0.39 is 22.5 Å². The van der Waals surface area contributed by atoms with Gasteiger partial charge in [0, 0.05) is 21.8 Å². The molecule has 0 unspecified atom stereocenters. The molecule has 3 aromatic carbocycles. The molecule has 1 N–H and O–H groups in total. The fraction of sp³-hybridized carbons (Fsp3) is 0.0952. The van der Waals surface area contributed by atoms with Gasteiger partial charge in [0.1, 0.15) is 12.3 Å². The highest BCUT2D eigenvalue weighted by atomic mass is 35.5. The van der Waals surface area contributed by atoms with Crippen LogP contribution in [0.25, 0.3) is 11.1 Å². The van der Waals surface area contributed by atoms with Crippen molar-refractivity contribution >= 4 is 50.5 Å². The fourth-order valence-corrected chi connectivity index (χ4v) is 5.43. The molecule has 1 amide bonds. The minimum absolute atomic E-state index is 0.125. The molecule has 0 aromatic heterocycles. The molecule has 6 nitrogen and oxygen atoms in total. The third-order valence-corrected chi connectivity index (χ3v) is 7.04. The highest BCUT2D eigenvalue weighted by Gasteiger charge is 2.35. The van der Waals surface area contributed by atoms with Gasteiger partial charge in [-0.05, 0) is 42.5 Å². The Morgan fingerprint density at radius 3 is 2.53 bits per heavy atom. The van der Waals surface area contributed by atoms with E-state index in [2.05, 4.69) is 5.32 Å². The van der Waals surface area contributed by atoms with Gasteiger partial charge in [-0.25, -0.2) is 8.42 Å². The average molecular weight is 463 g/mol. The van der Waals surface area contributed by atoms with Crippen LogP contribution in [0.1, 0.15) is 0 Å². The quantitative estimate of drug-likeness (QED) is 0.602. The highest BCUT2D eigenvalue weighted by molar-refractivity contribution is 7.93. The number of benzene rings is 3. The molecule has 0 fully saturated rings. The predicted molar refractivity (Wildman–Crippen MR) is 118 cm³/mol. The first-order valence-electron chi connectivity index (χ1n) is 8.86. The number of anilines is 2. The van der Waals surface area contributed by atoms with Gasteiger partial charge >= 0.3 is 0 Å². The number of nitrogens with zero attached hydrogens (tertiary/aromatic N) is 1. The minimum atomic E-state index is -3.93. The van der Waals surface area contributed by atoms with Gasteiger partial charge in [0.25, 0.3) is 10.0 Å². The van der Waals surface area contributed by atoms with Crippen LogP contribution in [-0.4, -0.2) is 28.0 Å². The summed E-state index contributed by atoms with van der Waals surface area (Å²) in [4.78, 5) is 12.8. The molecule has 0 atom stereocenters. The summed E-state index contributed by atoms with van der Waals surface area (Å²) in [5.74, 6) is -0.0456. The van der Waals surface area contributed by atoms with Crippen molar-refractivity contribution in [3.63, 3.8) is 0 Å². The average Bonchev–Trinajstić information content (AvgIpc) is 2.71. The Bertz CT molecular complexity index is 1260.